The third-order valence-corrected chi connectivity index (χ3v) is 1.68. The summed E-state index contributed by atoms with van der Waals surface area (Å²) in [6, 6.07) is 0. The molecule has 9 heavy (non-hydrogen) atoms. The van der Waals surface area contributed by atoms with E-state index in [1.807, 2.05) is 6.92 Å². The standard InChI is InChI=1S/C6H13ClO2/c1-2-3-5(7)6(9)4-8/h5-6,8-9H,2-4H2,1H3/t5-,6+/m0/s1. The molecule has 0 aliphatic carbocycles. The summed E-state index contributed by atoms with van der Waals surface area (Å²) in [7, 11) is 0. The molecule has 0 fully saturated rings. The first-order valence-electron chi connectivity index (χ1n) is 3.15. The van der Waals surface area contributed by atoms with E-state index in [-0.39, 0.29) is 12.0 Å². The Morgan fingerprint density at radius 2 is 2.11 bits per heavy atom. The second-order valence-electron chi connectivity index (χ2n) is 2.05. The minimum absolute atomic E-state index is 0.242. The van der Waals surface area contributed by atoms with Gasteiger partial charge in [0, 0.05) is 0 Å². The number of aliphatic hydroxyl groups is 2. The molecule has 2 atom stereocenters. The molecule has 0 aliphatic rings. The number of hydrogen-bond acceptors (Lipinski definition) is 2. The van der Waals surface area contributed by atoms with Gasteiger partial charge in [0.25, 0.3) is 0 Å². The maximum Gasteiger partial charge on any atom is 0.0933 e. The number of aliphatic hydroxyl groups excluding tert-OH is 2. The minimum atomic E-state index is -0.758. The lowest BCUT2D eigenvalue weighted by molar-refractivity contribution is 0.0895. The normalized spacial score (nSPS) is 17.3. The van der Waals surface area contributed by atoms with Crippen LogP contribution in [0.25, 0.3) is 0 Å². The monoisotopic (exact) mass is 152 g/mol. The Morgan fingerprint density at radius 1 is 1.56 bits per heavy atom. The lowest BCUT2D eigenvalue weighted by atomic mass is 10.2. The van der Waals surface area contributed by atoms with Crippen LogP contribution >= 0.6 is 11.6 Å². The third-order valence-electron chi connectivity index (χ3n) is 1.17. The van der Waals surface area contributed by atoms with Crippen molar-refractivity contribution in [1.29, 1.82) is 0 Å². The third kappa shape index (κ3) is 3.73. The maximum atomic E-state index is 8.88. The average molecular weight is 153 g/mol. The van der Waals surface area contributed by atoms with Crippen LogP contribution in [0, 0.1) is 0 Å². The number of hydrogen-bond donors (Lipinski definition) is 2. The number of alkyl halides is 1. The Labute approximate surface area is 60.5 Å². The van der Waals surface area contributed by atoms with Gasteiger partial charge >= 0.3 is 0 Å². The van der Waals surface area contributed by atoms with Gasteiger partial charge in [0.15, 0.2) is 0 Å². The molecule has 2 nitrogen and oxygen atoms in total. The van der Waals surface area contributed by atoms with Crippen LogP contribution in [-0.2, 0) is 0 Å². The summed E-state index contributed by atoms with van der Waals surface area (Å²) in [5.41, 5.74) is 0. The molecule has 56 valence electrons. The predicted octanol–water partition coefficient (Wildman–Crippen LogP) is 0.747. The molecule has 0 amide bonds. The average Bonchev–Trinajstić information content (AvgIpc) is 1.87. The van der Waals surface area contributed by atoms with Gasteiger partial charge in [-0.15, -0.1) is 11.6 Å². The smallest absolute Gasteiger partial charge is 0.0933 e. The van der Waals surface area contributed by atoms with Gasteiger partial charge in [0.05, 0.1) is 18.1 Å². The van der Waals surface area contributed by atoms with Crippen LogP contribution in [0.4, 0.5) is 0 Å². The first-order chi connectivity index (χ1) is 4.22. The molecule has 0 unspecified atom stereocenters. The van der Waals surface area contributed by atoms with Crippen molar-refractivity contribution in [3.05, 3.63) is 0 Å². The Hall–Kier alpha value is 0.210. The number of halogens is 1. The first kappa shape index (κ1) is 9.21. The summed E-state index contributed by atoms with van der Waals surface area (Å²) in [4.78, 5) is 0. The van der Waals surface area contributed by atoms with Gasteiger partial charge in [0.2, 0.25) is 0 Å². The number of rotatable bonds is 4. The van der Waals surface area contributed by atoms with Gasteiger partial charge < -0.3 is 10.2 Å². The Morgan fingerprint density at radius 3 is 2.44 bits per heavy atom. The highest BCUT2D eigenvalue weighted by Crippen LogP contribution is 2.08. The van der Waals surface area contributed by atoms with Crippen molar-refractivity contribution in [3.63, 3.8) is 0 Å². The second-order valence-corrected chi connectivity index (χ2v) is 2.62. The largest absolute Gasteiger partial charge is 0.394 e. The van der Waals surface area contributed by atoms with Gasteiger partial charge in [-0.05, 0) is 6.42 Å². The summed E-state index contributed by atoms with van der Waals surface area (Å²) in [5, 5.41) is 17.0. The second kappa shape index (κ2) is 5.03. The van der Waals surface area contributed by atoms with Crippen molar-refractivity contribution in [2.45, 2.75) is 31.2 Å². The molecular formula is C6H13ClO2. The van der Waals surface area contributed by atoms with Crippen LogP contribution in [0.1, 0.15) is 19.8 Å². The molecule has 0 aromatic carbocycles. The van der Waals surface area contributed by atoms with E-state index in [1.165, 1.54) is 0 Å². The molecule has 2 N–H and O–H groups in total. The van der Waals surface area contributed by atoms with E-state index in [0.29, 0.717) is 0 Å². The molecule has 0 spiro atoms. The topological polar surface area (TPSA) is 40.5 Å². The van der Waals surface area contributed by atoms with E-state index in [9.17, 15) is 0 Å². The van der Waals surface area contributed by atoms with Crippen molar-refractivity contribution >= 4 is 11.6 Å². The van der Waals surface area contributed by atoms with E-state index in [4.69, 9.17) is 21.8 Å². The van der Waals surface area contributed by atoms with Crippen molar-refractivity contribution < 1.29 is 10.2 Å². The summed E-state index contributed by atoms with van der Waals surface area (Å²) in [6.07, 6.45) is 0.931. The van der Waals surface area contributed by atoms with E-state index < -0.39 is 6.10 Å². The van der Waals surface area contributed by atoms with Crippen molar-refractivity contribution in [1.82, 2.24) is 0 Å². The Balaban J connectivity index is 3.32. The molecule has 0 heterocycles. The van der Waals surface area contributed by atoms with Gasteiger partial charge in [-0.2, -0.15) is 0 Å². The van der Waals surface area contributed by atoms with Crippen LogP contribution in [0.3, 0.4) is 0 Å². The highest BCUT2D eigenvalue weighted by molar-refractivity contribution is 6.21. The molecule has 3 heteroatoms. The zero-order valence-electron chi connectivity index (χ0n) is 5.55. The minimum Gasteiger partial charge on any atom is -0.394 e. The fraction of sp³-hybridized carbons (Fsp3) is 1.00. The zero-order chi connectivity index (χ0) is 7.28. The Bertz CT molecular complexity index is 68.1. The highest BCUT2D eigenvalue weighted by atomic mass is 35.5. The lowest BCUT2D eigenvalue weighted by Crippen LogP contribution is -2.24. The molecule has 0 radical (unpaired) electrons. The molecule has 0 saturated heterocycles. The van der Waals surface area contributed by atoms with Gasteiger partial charge in [0.1, 0.15) is 0 Å². The van der Waals surface area contributed by atoms with E-state index in [0.717, 1.165) is 12.8 Å². The van der Waals surface area contributed by atoms with E-state index >= 15 is 0 Å². The summed E-state index contributed by atoms with van der Waals surface area (Å²) in [5.74, 6) is 0. The van der Waals surface area contributed by atoms with Crippen LogP contribution in [0.2, 0.25) is 0 Å². The quantitative estimate of drug-likeness (QED) is 0.584. The molecule has 0 saturated carbocycles. The highest BCUT2D eigenvalue weighted by Gasteiger charge is 2.12. The predicted molar refractivity (Wildman–Crippen MR) is 37.6 cm³/mol. The van der Waals surface area contributed by atoms with Crippen LogP contribution in [0.15, 0.2) is 0 Å². The molecule has 0 bridgehead atoms. The van der Waals surface area contributed by atoms with Crippen molar-refractivity contribution in [3.8, 4) is 0 Å². The van der Waals surface area contributed by atoms with Gasteiger partial charge in [-0.3, -0.25) is 0 Å². The van der Waals surface area contributed by atoms with Crippen LogP contribution in [-0.4, -0.2) is 28.3 Å². The molecule has 0 rings (SSSR count). The zero-order valence-corrected chi connectivity index (χ0v) is 6.30. The van der Waals surface area contributed by atoms with Crippen LogP contribution < -0.4 is 0 Å². The summed E-state index contributed by atoms with van der Waals surface area (Å²) in [6.45, 7) is 1.74. The lowest BCUT2D eigenvalue weighted by Gasteiger charge is -2.12. The summed E-state index contributed by atoms with van der Waals surface area (Å²) >= 11 is 5.62. The SMILES string of the molecule is CCC[C@H](Cl)[C@H](O)CO. The Kier molecular flexibility index (Phi) is 5.15. The van der Waals surface area contributed by atoms with E-state index in [2.05, 4.69) is 0 Å². The molecule has 0 aliphatic heterocycles. The van der Waals surface area contributed by atoms with Crippen molar-refractivity contribution in [2.24, 2.45) is 0 Å². The van der Waals surface area contributed by atoms with E-state index in [1.54, 1.807) is 0 Å². The van der Waals surface area contributed by atoms with Crippen LogP contribution in [0.5, 0.6) is 0 Å². The molecule has 0 aromatic heterocycles. The van der Waals surface area contributed by atoms with Gasteiger partial charge in [-0.1, -0.05) is 13.3 Å². The fourth-order valence-electron chi connectivity index (χ4n) is 0.583. The summed E-state index contributed by atoms with van der Waals surface area (Å²) < 4.78 is 0. The maximum absolute atomic E-state index is 8.88. The van der Waals surface area contributed by atoms with Gasteiger partial charge in [-0.25, -0.2) is 0 Å². The molecular weight excluding hydrogens is 140 g/mol. The first-order valence-corrected chi connectivity index (χ1v) is 3.59. The molecule has 0 aromatic rings. The van der Waals surface area contributed by atoms with Crippen molar-refractivity contribution in [2.75, 3.05) is 6.61 Å². The fourth-order valence-corrected chi connectivity index (χ4v) is 0.880.